The molecule has 0 aliphatic carbocycles. The molecule has 0 unspecified atom stereocenters. The lowest BCUT2D eigenvalue weighted by atomic mass is 10.2. The van der Waals surface area contributed by atoms with Crippen molar-refractivity contribution in [3.63, 3.8) is 0 Å². The topological polar surface area (TPSA) is 106 Å². The summed E-state index contributed by atoms with van der Waals surface area (Å²) in [6, 6.07) is 17.5. The van der Waals surface area contributed by atoms with Crippen LogP contribution in [-0.2, 0) is 4.79 Å². The number of amides is 3. The summed E-state index contributed by atoms with van der Waals surface area (Å²) in [6.07, 6.45) is -0.799. The van der Waals surface area contributed by atoms with Gasteiger partial charge in [-0.3, -0.25) is 14.6 Å². The van der Waals surface area contributed by atoms with Gasteiger partial charge >= 0.3 is 6.03 Å². The number of hydrogen-bond acceptors (Lipinski definition) is 6. The van der Waals surface area contributed by atoms with E-state index in [9.17, 15) is 14.7 Å². The maximum atomic E-state index is 12.5. The van der Waals surface area contributed by atoms with E-state index >= 15 is 0 Å². The van der Waals surface area contributed by atoms with Gasteiger partial charge in [-0.25, -0.2) is 4.79 Å². The highest BCUT2D eigenvalue weighted by Crippen LogP contribution is 2.20. The first kappa shape index (κ1) is 23.2. The van der Waals surface area contributed by atoms with Gasteiger partial charge in [0.15, 0.2) is 0 Å². The Balaban J connectivity index is 0.00000320. The minimum Gasteiger partial charge on any atom is -0.489 e. The number of nitrogens with one attached hydrogen (secondary N) is 1. The van der Waals surface area contributed by atoms with E-state index in [0.717, 1.165) is 0 Å². The predicted molar refractivity (Wildman–Crippen MR) is 114 cm³/mol. The van der Waals surface area contributed by atoms with Crippen LogP contribution in [0.1, 0.15) is 5.56 Å². The Bertz CT molecular complexity index is 903. The van der Waals surface area contributed by atoms with Crippen molar-refractivity contribution < 1.29 is 19.4 Å². The van der Waals surface area contributed by atoms with Crippen LogP contribution >= 0.6 is 12.4 Å². The lowest BCUT2D eigenvalue weighted by Gasteiger charge is -2.18. The number of benzene rings is 2. The molecule has 1 saturated heterocycles. The summed E-state index contributed by atoms with van der Waals surface area (Å²) in [6.45, 7) is 0.845. The molecule has 2 aromatic carbocycles. The molecule has 3 rings (SSSR count). The fraction of sp³-hybridized carbons (Fsp3) is 0.286. The molecule has 0 radical (unpaired) electrons. The molecular formula is C21H23ClN4O4. The number of nitrogens with zero attached hydrogens (tertiary/aromatic N) is 3. The first-order chi connectivity index (χ1) is 14.1. The molecule has 0 saturated carbocycles. The van der Waals surface area contributed by atoms with Crippen molar-refractivity contribution in [1.29, 1.82) is 5.26 Å². The predicted octanol–water partition coefficient (Wildman–Crippen LogP) is 1.78. The SMILES string of the molecule is Cl.N#Cc1ccccc1OC[C@H](O)CNCCN1C(=O)CN(c2ccccc2)C1=O. The number of aliphatic hydroxyl groups excluding tert-OH is 1. The van der Waals surface area contributed by atoms with Gasteiger partial charge in [0.25, 0.3) is 5.91 Å². The summed E-state index contributed by atoms with van der Waals surface area (Å²) in [5.41, 5.74) is 1.09. The van der Waals surface area contributed by atoms with E-state index in [1.165, 1.54) is 9.80 Å². The van der Waals surface area contributed by atoms with Crippen molar-refractivity contribution in [1.82, 2.24) is 10.2 Å². The van der Waals surface area contributed by atoms with Crippen LogP contribution in [0.4, 0.5) is 10.5 Å². The number of urea groups is 1. The van der Waals surface area contributed by atoms with Gasteiger partial charge in [0, 0.05) is 25.3 Å². The van der Waals surface area contributed by atoms with E-state index in [1.54, 1.807) is 36.4 Å². The number of rotatable bonds is 9. The minimum absolute atomic E-state index is 0. The molecule has 30 heavy (non-hydrogen) atoms. The smallest absolute Gasteiger partial charge is 0.331 e. The van der Waals surface area contributed by atoms with Crippen LogP contribution in [0, 0.1) is 11.3 Å². The Hall–Kier alpha value is -3.12. The third-order valence-corrected chi connectivity index (χ3v) is 4.45. The number of ether oxygens (including phenoxy) is 1. The zero-order valence-corrected chi connectivity index (χ0v) is 17.0. The first-order valence-corrected chi connectivity index (χ1v) is 9.27. The molecular weight excluding hydrogens is 408 g/mol. The Morgan fingerprint density at radius 3 is 2.57 bits per heavy atom. The number of carbonyl (C=O) groups excluding carboxylic acids is 2. The van der Waals surface area contributed by atoms with Gasteiger partial charge in [-0.2, -0.15) is 5.26 Å². The standard InChI is InChI=1S/C21H22N4O4.ClH/c22-12-16-6-4-5-9-19(16)29-15-18(26)13-23-10-11-24-20(27)14-25(21(24)28)17-7-2-1-3-8-17;/h1-9,18,23,26H,10-11,13-15H2;1H/t18-;/m1./s1. The average molecular weight is 431 g/mol. The molecule has 2 N–H and O–H groups in total. The third-order valence-electron chi connectivity index (χ3n) is 4.45. The fourth-order valence-electron chi connectivity index (χ4n) is 2.96. The number of nitriles is 1. The van der Waals surface area contributed by atoms with Gasteiger partial charge < -0.3 is 15.2 Å². The van der Waals surface area contributed by atoms with Crippen molar-refractivity contribution in [2.24, 2.45) is 0 Å². The van der Waals surface area contributed by atoms with Crippen molar-refractivity contribution in [2.75, 3.05) is 37.7 Å². The molecule has 1 aliphatic rings. The van der Waals surface area contributed by atoms with Crippen LogP contribution < -0.4 is 15.0 Å². The van der Waals surface area contributed by atoms with Crippen LogP contribution in [0.15, 0.2) is 54.6 Å². The number of para-hydroxylation sites is 2. The number of hydrogen-bond donors (Lipinski definition) is 2. The number of aliphatic hydroxyl groups is 1. The summed E-state index contributed by atoms with van der Waals surface area (Å²) < 4.78 is 5.48. The van der Waals surface area contributed by atoms with Crippen LogP contribution in [-0.4, -0.2) is 60.8 Å². The molecule has 3 amide bonds. The second kappa shape index (κ2) is 11.2. The highest BCUT2D eigenvalue weighted by atomic mass is 35.5. The summed E-state index contributed by atoms with van der Waals surface area (Å²) in [4.78, 5) is 27.3. The van der Waals surface area contributed by atoms with E-state index in [-0.39, 0.29) is 50.6 Å². The van der Waals surface area contributed by atoms with E-state index < -0.39 is 6.10 Å². The number of anilines is 1. The largest absolute Gasteiger partial charge is 0.489 e. The number of carbonyl (C=O) groups is 2. The van der Waals surface area contributed by atoms with E-state index in [0.29, 0.717) is 23.5 Å². The van der Waals surface area contributed by atoms with Gasteiger partial charge in [0.05, 0.1) is 5.56 Å². The Morgan fingerprint density at radius 1 is 1.13 bits per heavy atom. The van der Waals surface area contributed by atoms with Crippen molar-refractivity contribution >= 4 is 30.0 Å². The molecule has 1 atom stereocenters. The van der Waals surface area contributed by atoms with Crippen molar-refractivity contribution in [2.45, 2.75) is 6.10 Å². The van der Waals surface area contributed by atoms with Crippen LogP contribution in [0.25, 0.3) is 0 Å². The van der Waals surface area contributed by atoms with Gasteiger partial charge in [0.1, 0.15) is 31.1 Å². The van der Waals surface area contributed by atoms with Crippen LogP contribution in [0.3, 0.4) is 0 Å². The highest BCUT2D eigenvalue weighted by molar-refractivity contribution is 6.12. The molecule has 8 nitrogen and oxygen atoms in total. The van der Waals surface area contributed by atoms with Gasteiger partial charge in [-0.15, -0.1) is 12.4 Å². The van der Waals surface area contributed by atoms with Crippen molar-refractivity contribution in [3.05, 3.63) is 60.2 Å². The zero-order valence-electron chi connectivity index (χ0n) is 16.2. The molecule has 9 heteroatoms. The Kier molecular flexibility index (Phi) is 8.62. The molecule has 0 bridgehead atoms. The van der Waals surface area contributed by atoms with Crippen LogP contribution in [0.2, 0.25) is 0 Å². The summed E-state index contributed by atoms with van der Waals surface area (Å²) in [5, 5.41) is 22.1. The Morgan fingerprint density at radius 2 is 1.83 bits per heavy atom. The molecule has 1 aliphatic heterocycles. The molecule has 1 fully saturated rings. The summed E-state index contributed by atoms with van der Waals surface area (Å²) in [7, 11) is 0. The zero-order chi connectivity index (χ0) is 20.6. The first-order valence-electron chi connectivity index (χ1n) is 9.27. The van der Waals surface area contributed by atoms with Gasteiger partial charge in [-0.1, -0.05) is 30.3 Å². The minimum atomic E-state index is -0.799. The van der Waals surface area contributed by atoms with E-state index in [4.69, 9.17) is 10.00 Å². The third kappa shape index (κ3) is 5.70. The maximum absolute atomic E-state index is 12.5. The normalized spacial score (nSPS) is 14.3. The lowest BCUT2D eigenvalue weighted by Crippen LogP contribution is -2.40. The maximum Gasteiger partial charge on any atom is 0.331 e. The lowest BCUT2D eigenvalue weighted by molar-refractivity contribution is -0.124. The van der Waals surface area contributed by atoms with Crippen molar-refractivity contribution in [3.8, 4) is 11.8 Å². The van der Waals surface area contributed by atoms with E-state index in [1.807, 2.05) is 24.3 Å². The molecule has 158 valence electrons. The average Bonchev–Trinajstić information content (AvgIpc) is 3.04. The van der Waals surface area contributed by atoms with Gasteiger partial charge in [0.2, 0.25) is 0 Å². The second-order valence-electron chi connectivity index (χ2n) is 6.53. The number of halogens is 1. The molecule has 0 aromatic heterocycles. The quantitative estimate of drug-likeness (QED) is 0.464. The molecule has 0 spiro atoms. The van der Waals surface area contributed by atoms with E-state index in [2.05, 4.69) is 5.32 Å². The monoisotopic (exact) mass is 430 g/mol. The van der Waals surface area contributed by atoms with Gasteiger partial charge in [-0.05, 0) is 24.3 Å². The highest BCUT2D eigenvalue weighted by Gasteiger charge is 2.36. The summed E-state index contributed by atoms with van der Waals surface area (Å²) in [5.74, 6) is 0.168. The molecule has 2 aromatic rings. The summed E-state index contributed by atoms with van der Waals surface area (Å²) >= 11 is 0. The van der Waals surface area contributed by atoms with Crippen LogP contribution in [0.5, 0.6) is 5.75 Å². The fourth-order valence-corrected chi connectivity index (χ4v) is 2.96. The second-order valence-corrected chi connectivity index (χ2v) is 6.53. The Labute approximate surface area is 181 Å². The molecule has 1 heterocycles. The number of imide groups is 1.